The van der Waals surface area contributed by atoms with E-state index in [-0.39, 0.29) is 28.4 Å². The van der Waals surface area contributed by atoms with Gasteiger partial charge in [-0.2, -0.15) is 0 Å². The number of anilines is 1. The van der Waals surface area contributed by atoms with E-state index >= 15 is 0 Å². The van der Waals surface area contributed by atoms with Gasteiger partial charge in [-0.1, -0.05) is 47.8 Å². The molecule has 0 heterocycles. The SMILES string of the molecule is O=C(CN(c1ccc(Cl)c(Cl)c1)S(=O)(=O)c1ccccc1)N[C@H]1C[C@H]2CC[C@H]1C2. The van der Waals surface area contributed by atoms with E-state index in [0.717, 1.165) is 23.6 Å². The van der Waals surface area contributed by atoms with Gasteiger partial charge in [0.1, 0.15) is 6.54 Å². The molecular weight excluding hydrogens is 431 g/mol. The molecule has 1 N–H and O–H groups in total. The van der Waals surface area contributed by atoms with Crippen LogP contribution < -0.4 is 9.62 Å². The van der Waals surface area contributed by atoms with Crippen LogP contribution in [0, 0.1) is 11.8 Å². The Morgan fingerprint density at radius 3 is 2.41 bits per heavy atom. The molecule has 2 aromatic rings. The Morgan fingerprint density at radius 1 is 1.03 bits per heavy atom. The number of rotatable bonds is 6. The van der Waals surface area contributed by atoms with Gasteiger partial charge in [-0.25, -0.2) is 8.42 Å². The number of carbonyl (C=O) groups excluding carboxylic acids is 1. The number of nitrogens with zero attached hydrogens (tertiary/aromatic N) is 1. The third kappa shape index (κ3) is 4.25. The van der Waals surface area contributed by atoms with Crippen molar-refractivity contribution in [3.05, 3.63) is 58.6 Å². The van der Waals surface area contributed by atoms with Gasteiger partial charge in [0, 0.05) is 6.04 Å². The summed E-state index contributed by atoms with van der Waals surface area (Å²) in [5, 5.41) is 3.60. The zero-order valence-corrected chi connectivity index (χ0v) is 18.1. The maximum absolute atomic E-state index is 13.3. The molecule has 8 heteroatoms. The summed E-state index contributed by atoms with van der Waals surface area (Å²) in [5.41, 5.74) is 0.298. The molecule has 2 aromatic carbocycles. The summed E-state index contributed by atoms with van der Waals surface area (Å²) < 4.78 is 27.7. The molecule has 4 rings (SSSR count). The molecule has 29 heavy (non-hydrogen) atoms. The summed E-state index contributed by atoms with van der Waals surface area (Å²) in [5.74, 6) is 0.880. The van der Waals surface area contributed by atoms with Crippen LogP contribution in [-0.4, -0.2) is 26.9 Å². The van der Waals surface area contributed by atoms with Gasteiger partial charge in [0.2, 0.25) is 5.91 Å². The Morgan fingerprint density at radius 2 is 1.79 bits per heavy atom. The van der Waals surface area contributed by atoms with Crippen LogP contribution in [-0.2, 0) is 14.8 Å². The van der Waals surface area contributed by atoms with E-state index in [1.807, 2.05) is 0 Å². The molecule has 0 unspecified atom stereocenters. The van der Waals surface area contributed by atoms with Gasteiger partial charge in [0.05, 0.1) is 20.6 Å². The van der Waals surface area contributed by atoms with Crippen LogP contribution in [0.1, 0.15) is 25.7 Å². The van der Waals surface area contributed by atoms with Crippen LogP contribution in [0.25, 0.3) is 0 Å². The summed E-state index contributed by atoms with van der Waals surface area (Å²) in [7, 11) is -3.95. The molecule has 2 fully saturated rings. The van der Waals surface area contributed by atoms with Crippen LogP contribution in [0.5, 0.6) is 0 Å². The van der Waals surface area contributed by atoms with Gasteiger partial charge in [0.15, 0.2) is 0 Å². The average Bonchev–Trinajstić information content (AvgIpc) is 3.32. The number of hydrogen-bond acceptors (Lipinski definition) is 3. The number of halogens is 2. The standard InChI is InChI=1S/C21H22Cl2N2O3S/c22-18-9-8-16(12-19(18)23)25(29(27,28)17-4-2-1-3-5-17)13-21(26)24-20-11-14-6-7-15(20)10-14/h1-5,8-9,12,14-15,20H,6-7,10-11,13H2,(H,24,26)/t14-,15-,20-/m0/s1. The zero-order valence-electron chi connectivity index (χ0n) is 15.7. The van der Waals surface area contributed by atoms with E-state index in [4.69, 9.17) is 23.2 Å². The Kier molecular flexibility index (Phi) is 5.78. The van der Waals surface area contributed by atoms with Crippen molar-refractivity contribution >= 4 is 44.8 Å². The molecule has 2 bridgehead atoms. The number of amides is 1. The van der Waals surface area contributed by atoms with Gasteiger partial charge in [0.25, 0.3) is 10.0 Å². The maximum Gasteiger partial charge on any atom is 0.264 e. The van der Waals surface area contributed by atoms with Crippen molar-refractivity contribution < 1.29 is 13.2 Å². The predicted octanol–water partition coefficient (Wildman–Crippen LogP) is 4.49. The molecule has 1 amide bonds. The van der Waals surface area contributed by atoms with Gasteiger partial charge < -0.3 is 5.32 Å². The third-order valence-electron chi connectivity index (χ3n) is 5.89. The predicted molar refractivity (Wildman–Crippen MR) is 115 cm³/mol. The molecule has 0 aromatic heterocycles. The molecule has 3 atom stereocenters. The normalized spacial score (nSPS) is 23.2. The lowest BCUT2D eigenvalue weighted by molar-refractivity contribution is -0.120. The first-order chi connectivity index (χ1) is 13.8. The first-order valence-electron chi connectivity index (χ1n) is 9.67. The van der Waals surface area contributed by atoms with Crippen molar-refractivity contribution in [3.8, 4) is 0 Å². The summed E-state index contributed by atoms with van der Waals surface area (Å²) >= 11 is 12.1. The summed E-state index contributed by atoms with van der Waals surface area (Å²) in [6.45, 7) is -0.316. The number of nitrogens with one attached hydrogen (secondary N) is 1. The van der Waals surface area contributed by atoms with Gasteiger partial charge in [-0.05, 0) is 61.4 Å². The van der Waals surface area contributed by atoms with Crippen LogP contribution in [0.4, 0.5) is 5.69 Å². The smallest absolute Gasteiger partial charge is 0.264 e. The topological polar surface area (TPSA) is 66.5 Å². The van der Waals surface area contributed by atoms with Crippen molar-refractivity contribution in [2.45, 2.75) is 36.6 Å². The Bertz CT molecular complexity index is 1010. The highest BCUT2D eigenvalue weighted by atomic mass is 35.5. The highest BCUT2D eigenvalue weighted by molar-refractivity contribution is 7.92. The number of sulfonamides is 1. The van der Waals surface area contributed by atoms with E-state index in [0.29, 0.717) is 22.5 Å². The molecule has 2 aliphatic rings. The minimum Gasteiger partial charge on any atom is -0.352 e. The minimum absolute atomic E-state index is 0.110. The second kappa shape index (κ2) is 8.17. The summed E-state index contributed by atoms with van der Waals surface area (Å²) in [4.78, 5) is 12.9. The maximum atomic E-state index is 13.3. The van der Waals surface area contributed by atoms with Gasteiger partial charge in [-0.3, -0.25) is 9.10 Å². The summed E-state index contributed by atoms with van der Waals surface area (Å²) in [6, 6.07) is 12.7. The van der Waals surface area contributed by atoms with Crippen molar-refractivity contribution in [3.63, 3.8) is 0 Å². The highest BCUT2D eigenvalue weighted by Gasteiger charge is 2.40. The van der Waals surface area contributed by atoms with E-state index < -0.39 is 10.0 Å². The summed E-state index contributed by atoms with van der Waals surface area (Å²) in [6.07, 6.45) is 4.50. The molecule has 0 aliphatic heterocycles. The molecule has 5 nitrogen and oxygen atoms in total. The van der Waals surface area contributed by atoms with Crippen molar-refractivity contribution in [2.75, 3.05) is 10.8 Å². The van der Waals surface area contributed by atoms with E-state index in [9.17, 15) is 13.2 Å². The largest absolute Gasteiger partial charge is 0.352 e. The Labute approximate surface area is 181 Å². The second-order valence-electron chi connectivity index (χ2n) is 7.77. The minimum atomic E-state index is -3.95. The fraction of sp³-hybridized carbons (Fsp3) is 0.381. The number of fused-ring (bicyclic) bond motifs is 2. The molecule has 0 radical (unpaired) electrons. The van der Waals surface area contributed by atoms with Crippen molar-refractivity contribution in [1.82, 2.24) is 5.32 Å². The van der Waals surface area contributed by atoms with Crippen LogP contribution in [0.3, 0.4) is 0 Å². The Balaban J connectivity index is 1.61. The zero-order chi connectivity index (χ0) is 20.6. The van der Waals surface area contributed by atoms with Crippen molar-refractivity contribution in [2.24, 2.45) is 11.8 Å². The van der Waals surface area contributed by atoms with E-state index in [1.54, 1.807) is 24.3 Å². The molecule has 2 saturated carbocycles. The second-order valence-corrected chi connectivity index (χ2v) is 10.4. The molecule has 154 valence electrons. The molecule has 0 spiro atoms. The molecule has 0 saturated heterocycles. The Hall–Kier alpha value is -1.76. The highest BCUT2D eigenvalue weighted by Crippen LogP contribution is 2.44. The average molecular weight is 453 g/mol. The number of carbonyl (C=O) groups is 1. The van der Waals surface area contributed by atoms with E-state index in [2.05, 4.69) is 5.32 Å². The van der Waals surface area contributed by atoms with Crippen LogP contribution in [0.15, 0.2) is 53.4 Å². The first-order valence-corrected chi connectivity index (χ1v) is 11.9. The third-order valence-corrected chi connectivity index (χ3v) is 8.42. The quantitative estimate of drug-likeness (QED) is 0.701. The van der Waals surface area contributed by atoms with Crippen LogP contribution in [0.2, 0.25) is 10.0 Å². The number of benzene rings is 2. The lowest BCUT2D eigenvalue weighted by Gasteiger charge is -2.27. The first kappa shape index (κ1) is 20.5. The fourth-order valence-corrected chi connectivity index (χ4v) is 6.21. The van der Waals surface area contributed by atoms with Crippen molar-refractivity contribution in [1.29, 1.82) is 0 Å². The van der Waals surface area contributed by atoms with Crippen LogP contribution >= 0.6 is 23.2 Å². The fourth-order valence-electron chi connectivity index (χ4n) is 4.48. The molecule has 2 aliphatic carbocycles. The van der Waals surface area contributed by atoms with Gasteiger partial charge >= 0.3 is 0 Å². The van der Waals surface area contributed by atoms with E-state index in [1.165, 1.54) is 30.7 Å². The van der Waals surface area contributed by atoms with Gasteiger partial charge in [-0.15, -0.1) is 0 Å². The monoisotopic (exact) mass is 452 g/mol. The lowest BCUT2D eigenvalue weighted by atomic mass is 9.95. The molecular formula is C21H22Cl2N2O3S. The number of hydrogen-bond donors (Lipinski definition) is 1. The lowest BCUT2D eigenvalue weighted by Crippen LogP contribution is -2.46.